The average molecular weight is 416 g/mol. The largest absolute Gasteiger partial charge is 0.465 e. The molecule has 154 valence electrons. The molecule has 0 spiro atoms. The number of esters is 1. The van der Waals surface area contributed by atoms with Gasteiger partial charge < -0.3 is 10.1 Å². The third-order valence-electron chi connectivity index (χ3n) is 5.03. The fourth-order valence-corrected chi connectivity index (χ4v) is 5.05. The van der Waals surface area contributed by atoms with Crippen molar-refractivity contribution in [1.29, 1.82) is 0 Å². The molecule has 0 aromatic heterocycles. The van der Waals surface area contributed by atoms with Crippen LogP contribution in [0.4, 0.5) is 5.69 Å². The minimum absolute atomic E-state index is 0.0234. The van der Waals surface area contributed by atoms with Crippen LogP contribution in [0.2, 0.25) is 0 Å². The standard InChI is InChI=1S/C21H24N2O5S/c1-15-5-3-4-14-23(15)29(26,27)19-12-8-16(9-13-19)20(24)22-18-10-6-17(7-11-18)21(25)28-2/h6-13,15H,3-5,14H2,1-2H3,(H,22,24). The van der Waals surface area contributed by atoms with Crippen LogP contribution in [-0.4, -0.2) is 44.3 Å². The van der Waals surface area contributed by atoms with Crippen LogP contribution in [0.15, 0.2) is 53.4 Å². The highest BCUT2D eigenvalue weighted by molar-refractivity contribution is 7.89. The number of carbonyl (C=O) groups excluding carboxylic acids is 2. The number of carbonyl (C=O) groups is 2. The summed E-state index contributed by atoms with van der Waals surface area (Å²) < 4.78 is 31.9. The number of sulfonamides is 1. The van der Waals surface area contributed by atoms with Gasteiger partial charge in [-0.1, -0.05) is 6.42 Å². The van der Waals surface area contributed by atoms with Crippen molar-refractivity contribution in [1.82, 2.24) is 4.31 Å². The second-order valence-electron chi connectivity index (χ2n) is 7.01. The molecule has 1 N–H and O–H groups in total. The molecule has 1 fully saturated rings. The summed E-state index contributed by atoms with van der Waals surface area (Å²) in [5, 5.41) is 2.72. The van der Waals surface area contributed by atoms with Crippen molar-refractivity contribution in [3.05, 3.63) is 59.7 Å². The lowest BCUT2D eigenvalue weighted by molar-refractivity contribution is 0.0600. The topological polar surface area (TPSA) is 92.8 Å². The minimum atomic E-state index is -3.57. The molecule has 3 rings (SSSR count). The summed E-state index contributed by atoms with van der Waals surface area (Å²) in [5.41, 5.74) is 1.24. The Labute approximate surface area is 170 Å². The summed E-state index contributed by atoms with van der Waals surface area (Å²) in [6.45, 7) is 2.44. The smallest absolute Gasteiger partial charge is 0.337 e. The first-order chi connectivity index (χ1) is 13.8. The van der Waals surface area contributed by atoms with E-state index >= 15 is 0 Å². The molecule has 2 aromatic rings. The molecule has 1 heterocycles. The predicted octanol–water partition coefficient (Wildman–Crippen LogP) is 3.29. The lowest BCUT2D eigenvalue weighted by Gasteiger charge is -2.32. The zero-order chi connectivity index (χ0) is 21.0. The van der Waals surface area contributed by atoms with Crippen LogP contribution in [0, 0.1) is 0 Å². The molecule has 0 radical (unpaired) electrons. The van der Waals surface area contributed by atoms with Gasteiger partial charge in [0.15, 0.2) is 0 Å². The van der Waals surface area contributed by atoms with Crippen molar-refractivity contribution in [3.8, 4) is 0 Å². The van der Waals surface area contributed by atoms with Gasteiger partial charge in [0.05, 0.1) is 17.6 Å². The van der Waals surface area contributed by atoms with Crippen molar-refractivity contribution in [2.24, 2.45) is 0 Å². The Balaban J connectivity index is 1.71. The maximum absolute atomic E-state index is 12.9. The number of nitrogens with one attached hydrogen (secondary N) is 1. The van der Waals surface area contributed by atoms with Gasteiger partial charge >= 0.3 is 5.97 Å². The first-order valence-electron chi connectivity index (χ1n) is 9.44. The van der Waals surface area contributed by atoms with E-state index < -0.39 is 16.0 Å². The average Bonchev–Trinajstić information content (AvgIpc) is 2.74. The van der Waals surface area contributed by atoms with Gasteiger partial charge in [-0.05, 0) is 68.3 Å². The third-order valence-corrected chi connectivity index (χ3v) is 7.06. The molecular formula is C21H24N2O5S. The summed E-state index contributed by atoms with van der Waals surface area (Å²) in [4.78, 5) is 24.1. The van der Waals surface area contributed by atoms with Crippen molar-refractivity contribution < 1.29 is 22.7 Å². The lowest BCUT2D eigenvalue weighted by Crippen LogP contribution is -2.41. The van der Waals surface area contributed by atoms with Gasteiger partial charge in [-0.25, -0.2) is 13.2 Å². The number of methoxy groups -OCH3 is 1. The number of rotatable bonds is 5. The summed E-state index contributed by atoms with van der Waals surface area (Å²) >= 11 is 0. The van der Waals surface area contributed by atoms with Gasteiger partial charge in [0.2, 0.25) is 10.0 Å². The molecule has 1 unspecified atom stereocenters. The Bertz CT molecular complexity index is 985. The predicted molar refractivity (Wildman–Crippen MR) is 109 cm³/mol. The van der Waals surface area contributed by atoms with Gasteiger partial charge in [0.25, 0.3) is 5.91 Å². The number of amides is 1. The monoisotopic (exact) mass is 416 g/mol. The van der Waals surface area contributed by atoms with Gasteiger partial charge in [-0.15, -0.1) is 0 Å². The molecule has 0 bridgehead atoms. The fraction of sp³-hybridized carbons (Fsp3) is 0.333. The summed E-state index contributed by atoms with van der Waals surface area (Å²) in [5.74, 6) is -0.825. The SMILES string of the molecule is COC(=O)c1ccc(NC(=O)c2ccc(S(=O)(=O)N3CCCCC3C)cc2)cc1. The van der Waals surface area contributed by atoms with Gasteiger partial charge in [0.1, 0.15) is 0 Å². The number of benzene rings is 2. The van der Waals surface area contributed by atoms with E-state index in [4.69, 9.17) is 0 Å². The molecule has 1 aliphatic heterocycles. The van der Waals surface area contributed by atoms with Crippen molar-refractivity contribution >= 4 is 27.6 Å². The Morgan fingerprint density at radius 3 is 2.21 bits per heavy atom. The first kappa shape index (κ1) is 21.0. The second-order valence-corrected chi connectivity index (χ2v) is 8.90. The number of anilines is 1. The zero-order valence-electron chi connectivity index (χ0n) is 16.4. The molecule has 8 heteroatoms. The van der Waals surface area contributed by atoms with E-state index in [1.165, 1.54) is 35.7 Å². The molecule has 2 aromatic carbocycles. The number of hydrogen-bond donors (Lipinski definition) is 1. The van der Waals surface area contributed by atoms with E-state index in [-0.39, 0.29) is 16.8 Å². The number of piperidine rings is 1. The maximum Gasteiger partial charge on any atom is 0.337 e. The van der Waals surface area contributed by atoms with Gasteiger partial charge in [-0.2, -0.15) is 4.31 Å². The Morgan fingerprint density at radius 1 is 1.00 bits per heavy atom. The lowest BCUT2D eigenvalue weighted by atomic mass is 10.1. The third kappa shape index (κ3) is 4.65. The van der Waals surface area contributed by atoms with E-state index in [9.17, 15) is 18.0 Å². The molecule has 7 nitrogen and oxygen atoms in total. The maximum atomic E-state index is 12.9. The van der Waals surface area contributed by atoms with Crippen molar-refractivity contribution in [2.45, 2.75) is 37.1 Å². The molecule has 1 atom stereocenters. The van der Waals surface area contributed by atoms with Gasteiger partial charge in [-0.3, -0.25) is 4.79 Å². The minimum Gasteiger partial charge on any atom is -0.465 e. The molecule has 1 amide bonds. The van der Waals surface area contributed by atoms with E-state index in [0.29, 0.717) is 23.4 Å². The number of nitrogens with zero attached hydrogens (tertiary/aromatic N) is 1. The van der Waals surface area contributed by atoms with Gasteiger partial charge in [0, 0.05) is 23.8 Å². The Morgan fingerprint density at radius 2 is 1.62 bits per heavy atom. The van der Waals surface area contributed by atoms with Crippen LogP contribution in [0.1, 0.15) is 46.9 Å². The summed E-state index contributed by atoms with van der Waals surface area (Å²) in [6.07, 6.45) is 2.75. The molecule has 29 heavy (non-hydrogen) atoms. The van der Waals surface area contributed by atoms with E-state index in [1.807, 2.05) is 6.92 Å². The van der Waals surface area contributed by atoms with E-state index in [2.05, 4.69) is 10.1 Å². The van der Waals surface area contributed by atoms with E-state index in [1.54, 1.807) is 24.3 Å². The summed E-state index contributed by atoms with van der Waals surface area (Å²) in [7, 11) is -2.27. The molecule has 1 aliphatic rings. The highest BCUT2D eigenvalue weighted by atomic mass is 32.2. The molecule has 0 saturated carbocycles. The highest BCUT2D eigenvalue weighted by Crippen LogP contribution is 2.25. The van der Waals surface area contributed by atoms with Crippen LogP contribution in [0.3, 0.4) is 0 Å². The normalized spacial score (nSPS) is 17.5. The van der Waals surface area contributed by atoms with Crippen molar-refractivity contribution in [3.63, 3.8) is 0 Å². The molecule has 0 aliphatic carbocycles. The van der Waals surface area contributed by atoms with Crippen LogP contribution < -0.4 is 5.32 Å². The van der Waals surface area contributed by atoms with Crippen LogP contribution in [-0.2, 0) is 14.8 Å². The molecular weight excluding hydrogens is 392 g/mol. The number of hydrogen-bond acceptors (Lipinski definition) is 5. The number of ether oxygens (including phenoxy) is 1. The van der Waals surface area contributed by atoms with Crippen LogP contribution in [0.5, 0.6) is 0 Å². The highest BCUT2D eigenvalue weighted by Gasteiger charge is 2.30. The van der Waals surface area contributed by atoms with Crippen LogP contribution >= 0.6 is 0 Å². The quantitative estimate of drug-likeness (QED) is 0.755. The molecule has 1 saturated heterocycles. The van der Waals surface area contributed by atoms with E-state index in [0.717, 1.165) is 19.3 Å². The first-order valence-corrected chi connectivity index (χ1v) is 10.9. The second kappa shape index (κ2) is 8.75. The van der Waals surface area contributed by atoms with Crippen molar-refractivity contribution in [2.75, 3.05) is 19.0 Å². The van der Waals surface area contributed by atoms with Crippen LogP contribution in [0.25, 0.3) is 0 Å². The Kier molecular flexibility index (Phi) is 6.34. The zero-order valence-corrected chi connectivity index (χ0v) is 17.2. The Hall–Kier alpha value is -2.71. The summed E-state index contributed by atoms with van der Waals surface area (Å²) in [6, 6.07) is 12.2. The fourth-order valence-electron chi connectivity index (χ4n) is 3.35.